The molecule has 1 aromatic heterocycles. The van der Waals surface area contributed by atoms with Crippen LogP contribution in [-0.4, -0.2) is 42.1 Å². The van der Waals surface area contributed by atoms with Crippen LogP contribution in [0.5, 0.6) is 0 Å². The number of hydrogen-bond donors (Lipinski definition) is 1. The fraction of sp³-hybridized carbons (Fsp3) is 0.474. The second-order valence-electron chi connectivity index (χ2n) is 7.25. The number of nitrogens with one attached hydrogen (secondary N) is 1. The molecule has 8 nitrogen and oxygen atoms in total. The zero-order valence-corrected chi connectivity index (χ0v) is 16.5. The quantitative estimate of drug-likeness (QED) is 0.623. The van der Waals surface area contributed by atoms with E-state index in [0.29, 0.717) is 43.0 Å². The molecule has 1 amide bonds. The predicted molar refractivity (Wildman–Crippen MR) is 107 cm³/mol. The number of hydrogen-bond acceptors (Lipinski definition) is 7. The Morgan fingerprint density at radius 3 is 2.93 bits per heavy atom. The van der Waals surface area contributed by atoms with E-state index >= 15 is 0 Å². The standard InChI is InChI=1S/C19H22N4O4S/c1-12-2-4-14-17(10-12)28-19(20-14)21-18(24)13-3-5-15(16(11-13)23(25)26)22-6-8-27-9-7-22/h3,5,11-12H,2,4,6-10H2,1H3,(H,20,21,24)/t12-/m0/s1. The molecule has 0 unspecified atom stereocenters. The van der Waals surface area contributed by atoms with Crippen molar-refractivity contribution in [3.8, 4) is 0 Å². The van der Waals surface area contributed by atoms with Gasteiger partial charge in [-0.3, -0.25) is 20.2 Å². The van der Waals surface area contributed by atoms with Gasteiger partial charge in [0.1, 0.15) is 5.69 Å². The Morgan fingerprint density at radius 2 is 2.18 bits per heavy atom. The van der Waals surface area contributed by atoms with Crippen LogP contribution in [-0.2, 0) is 17.6 Å². The first kappa shape index (κ1) is 18.8. The molecule has 1 fully saturated rings. The maximum absolute atomic E-state index is 12.7. The van der Waals surface area contributed by atoms with Crippen molar-refractivity contribution in [2.24, 2.45) is 5.92 Å². The zero-order valence-electron chi connectivity index (χ0n) is 15.6. The Kier molecular flexibility index (Phi) is 5.27. The van der Waals surface area contributed by atoms with Crippen molar-refractivity contribution in [3.63, 3.8) is 0 Å². The fourth-order valence-corrected chi connectivity index (χ4v) is 4.81. The highest BCUT2D eigenvalue weighted by Gasteiger charge is 2.24. The summed E-state index contributed by atoms with van der Waals surface area (Å²) in [6, 6.07) is 4.62. The minimum atomic E-state index is -0.439. The summed E-state index contributed by atoms with van der Waals surface area (Å²) in [6.45, 7) is 4.47. The number of carbonyl (C=O) groups excluding carboxylic acids is 1. The highest BCUT2D eigenvalue weighted by atomic mass is 32.1. The summed E-state index contributed by atoms with van der Waals surface area (Å²) in [4.78, 5) is 31.5. The molecule has 2 heterocycles. The van der Waals surface area contributed by atoms with Crippen molar-refractivity contribution >= 4 is 33.8 Å². The van der Waals surface area contributed by atoms with Crippen molar-refractivity contribution in [1.82, 2.24) is 4.98 Å². The van der Waals surface area contributed by atoms with Gasteiger partial charge in [-0.05, 0) is 37.3 Å². The molecule has 1 aromatic carbocycles. The Morgan fingerprint density at radius 1 is 1.39 bits per heavy atom. The highest BCUT2D eigenvalue weighted by Crippen LogP contribution is 2.33. The molecule has 0 saturated carbocycles. The van der Waals surface area contributed by atoms with Crippen molar-refractivity contribution in [2.45, 2.75) is 26.2 Å². The van der Waals surface area contributed by atoms with Crippen LogP contribution in [0.3, 0.4) is 0 Å². The van der Waals surface area contributed by atoms with E-state index in [9.17, 15) is 14.9 Å². The largest absolute Gasteiger partial charge is 0.378 e. The maximum Gasteiger partial charge on any atom is 0.293 e. The summed E-state index contributed by atoms with van der Waals surface area (Å²) >= 11 is 1.50. The van der Waals surface area contributed by atoms with Gasteiger partial charge in [-0.15, -0.1) is 11.3 Å². The number of thiazole rings is 1. The second-order valence-corrected chi connectivity index (χ2v) is 8.33. The minimum absolute atomic E-state index is 0.0678. The number of amides is 1. The third kappa shape index (κ3) is 3.85. The van der Waals surface area contributed by atoms with E-state index in [-0.39, 0.29) is 17.2 Å². The number of anilines is 2. The lowest BCUT2D eigenvalue weighted by Gasteiger charge is -2.28. The molecule has 1 saturated heterocycles. The van der Waals surface area contributed by atoms with E-state index in [0.717, 1.165) is 25.0 Å². The topological polar surface area (TPSA) is 97.6 Å². The number of aromatic nitrogens is 1. The lowest BCUT2D eigenvalue weighted by molar-refractivity contribution is -0.384. The van der Waals surface area contributed by atoms with Gasteiger partial charge >= 0.3 is 0 Å². The highest BCUT2D eigenvalue weighted by molar-refractivity contribution is 7.15. The molecule has 1 N–H and O–H groups in total. The van der Waals surface area contributed by atoms with E-state index in [1.165, 1.54) is 22.3 Å². The van der Waals surface area contributed by atoms with Crippen LogP contribution >= 0.6 is 11.3 Å². The number of fused-ring (bicyclic) bond motifs is 1. The van der Waals surface area contributed by atoms with Gasteiger partial charge in [0.25, 0.3) is 11.6 Å². The summed E-state index contributed by atoms with van der Waals surface area (Å²) in [5.41, 5.74) is 1.77. The van der Waals surface area contributed by atoms with Gasteiger partial charge in [-0.1, -0.05) is 6.92 Å². The molecule has 1 atom stereocenters. The molecule has 4 rings (SSSR count). The minimum Gasteiger partial charge on any atom is -0.378 e. The molecular formula is C19H22N4O4S. The van der Waals surface area contributed by atoms with E-state index in [2.05, 4.69) is 17.2 Å². The van der Waals surface area contributed by atoms with E-state index in [4.69, 9.17) is 4.74 Å². The van der Waals surface area contributed by atoms with Gasteiger partial charge in [0.05, 0.1) is 23.8 Å². The van der Waals surface area contributed by atoms with Crippen LogP contribution in [0, 0.1) is 16.0 Å². The van der Waals surface area contributed by atoms with Crippen molar-refractivity contribution in [2.75, 3.05) is 36.5 Å². The molecule has 9 heteroatoms. The fourth-order valence-electron chi connectivity index (χ4n) is 3.65. The van der Waals surface area contributed by atoms with Crippen LogP contribution in [0.15, 0.2) is 18.2 Å². The van der Waals surface area contributed by atoms with E-state index < -0.39 is 4.92 Å². The molecule has 2 aliphatic rings. The molecule has 0 radical (unpaired) electrons. The van der Waals surface area contributed by atoms with Gasteiger partial charge in [-0.2, -0.15) is 0 Å². The zero-order chi connectivity index (χ0) is 19.7. The Labute approximate surface area is 166 Å². The number of ether oxygens (including phenoxy) is 1. The van der Waals surface area contributed by atoms with Crippen LogP contribution in [0.4, 0.5) is 16.5 Å². The summed E-state index contributed by atoms with van der Waals surface area (Å²) in [6.07, 6.45) is 3.03. The molecule has 148 valence electrons. The van der Waals surface area contributed by atoms with Gasteiger partial charge in [-0.25, -0.2) is 4.98 Å². The average molecular weight is 402 g/mol. The number of nitro groups is 1. The van der Waals surface area contributed by atoms with Crippen molar-refractivity contribution < 1.29 is 14.5 Å². The van der Waals surface area contributed by atoms with E-state index in [1.54, 1.807) is 12.1 Å². The number of nitrogens with zero attached hydrogens (tertiary/aromatic N) is 3. The van der Waals surface area contributed by atoms with Gasteiger partial charge in [0.2, 0.25) is 0 Å². The SMILES string of the molecule is C[C@H]1CCc2nc(NC(=O)c3ccc(N4CCOCC4)c([N+](=O)[O-])c3)sc2C1. The molecule has 0 bridgehead atoms. The summed E-state index contributed by atoms with van der Waals surface area (Å²) < 4.78 is 5.31. The molecule has 28 heavy (non-hydrogen) atoms. The van der Waals surface area contributed by atoms with Crippen LogP contribution < -0.4 is 10.2 Å². The van der Waals surface area contributed by atoms with Crippen LogP contribution in [0.25, 0.3) is 0 Å². The summed E-state index contributed by atoms with van der Waals surface area (Å²) in [7, 11) is 0. The Hall–Kier alpha value is -2.52. The van der Waals surface area contributed by atoms with Gasteiger partial charge in [0.15, 0.2) is 5.13 Å². The van der Waals surface area contributed by atoms with Gasteiger partial charge < -0.3 is 9.64 Å². The summed E-state index contributed by atoms with van der Waals surface area (Å²) in [5, 5.41) is 14.9. The summed E-state index contributed by atoms with van der Waals surface area (Å²) in [5.74, 6) is 0.252. The molecular weight excluding hydrogens is 380 g/mol. The van der Waals surface area contributed by atoms with Crippen LogP contribution in [0.1, 0.15) is 34.3 Å². The third-order valence-electron chi connectivity index (χ3n) is 5.19. The monoisotopic (exact) mass is 402 g/mol. The second kappa shape index (κ2) is 7.84. The molecule has 2 aromatic rings. The third-order valence-corrected chi connectivity index (χ3v) is 6.23. The maximum atomic E-state index is 12.7. The smallest absolute Gasteiger partial charge is 0.293 e. The molecule has 1 aliphatic heterocycles. The average Bonchev–Trinajstić information content (AvgIpc) is 3.09. The Balaban J connectivity index is 1.54. The normalized spacial score (nSPS) is 19.2. The van der Waals surface area contributed by atoms with Gasteiger partial charge in [0, 0.05) is 29.6 Å². The number of aryl methyl sites for hydroxylation is 1. The Bertz CT molecular complexity index is 907. The number of benzene rings is 1. The van der Waals surface area contributed by atoms with Crippen LogP contribution in [0.2, 0.25) is 0 Å². The number of nitro benzene ring substituents is 1. The molecule has 1 aliphatic carbocycles. The number of carbonyl (C=O) groups is 1. The first-order chi connectivity index (χ1) is 13.5. The lowest BCUT2D eigenvalue weighted by Crippen LogP contribution is -2.36. The number of morpholine rings is 1. The van der Waals surface area contributed by atoms with Crippen molar-refractivity contribution in [1.29, 1.82) is 0 Å². The first-order valence-corrected chi connectivity index (χ1v) is 10.2. The van der Waals surface area contributed by atoms with E-state index in [1.807, 2.05) is 4.90 Å². The molecule has 0 spiro atoms. The lowest BCUT2D eigenvalue weighted by atomic mass is 9.93. The van der Waals surface area contributed by atoms with Crippen molar-refractivity contribution in [3.05, 3.63) is 44.4 Å². The predicted octanol–water partition coefficient (Wildman–Crippen LogP) is 3.27. The number of rotatable bonds is 4. The first-order valence-electron chi connectivity index (χ1n) is 9.42.